The van der Waals surface area contributed by atoms with E-state index < -0.39 is 0 Å². The van der Waals surface area contributed by atoms with Crippen LogP contribution in [-0.4, -0.2) is 32.6 Å². The van der Waals surface area contributed by atoms with Gasteiger partial charge in [0.25, 0.3) is 0 Å². The van der Waals surface area contributed by atoms with Crippen molar-refractivity contribution in [3.8, 4) is 0 Å². The fourth-order valence-electron chi connectivity index (χ4n) is 2.90. The first-order chi connectivity index (χ1) is 8.37. The topological polar surface area (TPSA) is 30.5 Å². The van der Waals surface area contributed by atoms with Gasteiger partial charge in [-0.2, -0.15) is 0 Å². The van der Waals surface area contributed by atoms with Crippen molar-refractivity contribution in [3.63, 3.8) is 0 Å². The Hall–Kier alpha value is -0.120. The molecular weight excluding hydrogens is 226 g/mol. The molecule has 0 atom stereocenters. The Morgan fingerprint density at radius 2 is 1.50 bits per heavy atom. The van der Waals surface area contributed by atoms with Crippen LogP contribution >= 0.6 is 0 Å². The van der Waals surface area contributed by atoms with Crippen LogP contribution in [0.15, 0.2) is 0 Å². The smallest absolute Gasteiger partial charge is 0.158 e. The van der Waals surface area contributed by atoms with Gasteiger partial charge in [-0.3, -0.25) is 0 Å². The summed E-state index contributed by atoms with van der Waals surface area (Å²) in [6, 6.07) is 0. The van der Waals surface area contributed by atoms with E-state index in [0.717, 1.165) is 25.4 Å². The molecule has 3 nitrogen and oxygen atoms in total. The molecule has 0 aromatic carbocycles. The van der Waals surface area contributed by atoms with Gasteiger partial charge in [0.05, 0.1) is 0 Å². The maximum Gasteiger partial charge on any atom is 0.158 e. The maximum absolute atomic E-state index is 5.52. The predicted octanol–water partition coefficient (Wildman–Crippen LogP) is 3.05. The number of ether oxygens (including phenoxy) is 2. The molecule has 108 valence electrons. The van der Waals surface area contributed by atoms with Gasteiger partial charge in [-0.15, -0.1) is 0 Å². The number of hydrogen-bond donors (Lipinski definition) is 1. The second kappa shape index (κ2) is 6.36. The first kappa shape index (κ1) is 15.9. The minimum atomic E-state index is -0.0484. The molecule has 0 amide bonds. The zero-order valence-electron chi connectivity index (χ0n) is 13.0. The summed E-state index contributed by atoms with van der Waals surface area (Å²) in [5.74, 6) is 0.780. The monoisotopic (exact) mass is 257 g/mol. The van der Waals surface area contributed by atoms with E-state index in [9.17, 15) is 0 Å². The molecule has 1 fully saturated rings. The van der Waals surface area contributed by atoms with Gasteiger partial charge < -0.3 is 14.8 Å². The maximum atomic E-state index is 5.52. The molecule has 0 bridgehead atoms. The molecule has 1 N–H and O–H groups in total. The Bertz CT molecular complexity index is 231. The van der Waals surface area contributed by atoms with Crippen molar-refractivity contribution in [1.82, 2.24) is 5.32 Å². The average molecular weight is 257 g/mol. The highest BCUT2D eigenvalue weighted by Crippen LogP contribution is 2.67. The molecule has 0 aromatic heterocycles. The van der Waals surface area contributed by atoms with Crippen molar-refractivity contribution in [2.45, 2.75) is 54.3 Å². The summed E-state index contributed by atoms with van der Waals surface area (Å²) in [5, 5.41) is 3.55. The highest BCUT2D eigenvalue weighted by atomic mass is 16.7. The number of nitrogens with one attached hydrogen (secondary N) is 1. The molecule has 1 saturated carbocycles. The Morgan fingerprint density at radius 3 is 1.89 bits per heavy atom. The lowest BCUT2D eigenvalue weighted by Gasteiger charge is -2.17. The number of rotatable bonds is 9. The van der Waals surface area contributed by atoms with E-state index in [1.54, 1.807) is 0 Å². The Morgan fingerprint density at radius 1 is 1.00 bits per heavy atom. The average Bonchev–Trinajstić information content (AvgIpc) is 2.66. The van der Waals surface area contributed by atoms with E-state index in [1.165, 1.54) is 0 Å². The molecule has 18 heavy (non-hydrogen) atoms. The van der Waals surface area contributed by atoms with E-state index in [1.807, 2.05) is 13.8 Å². The van der Waals surface area contributed by atoms with Gasteiger partial charge in [0.15, 0.2) is 6.29 Å². The van der Waals surface area contributed by atoms with Crippen molar-refractivity contribution in [3.05, 3.63) is 0 Å². The standard InChI is InChI=1S/C15H31NO2/c1-7-17-13(18-8-2)9-10-16-11-12-14(3,4)15(12,5)6/h12-13,16H,7-11H2,1-6H3. The molecule has 0 aliphatic heterocycles. The van der Waals surface area contributed by atoms with Crippen LogP contribution in [0.2, 0.25) is 0 Å². The predicted molar refractivity (Wildman–Crippen MR) is 75.6 cm³/mol. The second-order valence-corrected chi connectivity index (χ2v) is 6.33. The molecule has 1 aliphatic rings. The largest absolute Gasteiger partial charge is 0.353 e. The SMILES string of the molecule is CCOC(CCNCC1C(C)(C)C1(C)C)OCC. The van der Waals surface area contributed by atoms with Crippen molar-refractivity contribution < 1.29 is 9.47 Å². The third-order valence-electron chi connectivity index (χ3n) is 4.93. The molecular formula is C15H31NO2. The normalized spacial score (nSPS) is 21.5. The quantitative estimate of drug-likeness (QED) is 0.509. The number of hydrogen-bond acceptors (Lipinski definition) is 3. The van der Waals surface area contributed by atoms with E-state index in [4.69, 9.17) is 9.47 Å². The Balaban J connectivity index is 2.15. The zero-order chi connectivity index (χ0) is 13.8. The molecule has 0 radical (unpaired) electrons. The van der Waals surface area contributed by atoms with E-state index in [0.29, 0.717) is 24.0 Å². The van der Waals surface area contributed by atoms with Gasteiger partial charge in [0.2, 0.25) is 0 Å². The van der Waals surface area contributed by atoms with Crippen molar-refractivity contribution >= 4 is 0 Å². The lowest BCUT2D eigenvalue weighted by Crippen LogP contribution is -2.27. The van der Waals surface area contributed by atoms with Crippen LogP contribution < -0.4 is 5.32 Å². The molecule has 0 heterocycles. The molecule has 1 aliphatic carbocycles. The first-order valence-electron chi connectivity index (χ1n) is 7.31. The highest BCUT2D eigenvalue weighted by molar-refractivity contribution is 5.12. The molecule has 0 aromatic rings. The highest BCUT2D eigenvalue weighted by Gasteiger charge is 2.63. The first-order valence-corrected chi connectivity index (χ1v) is 7.31. The van der Waals surface area contributed by atoms with Crippen molar-refractivity contribution in [1.29, 1.82) is 0 Å². The second-order valence-electron chi connectivity index (χ2n) is 6.33. The third kappa shape index (κ3) is 3.46. The minimum Gasteiger partial charge on any atom is -0.353 e. The lowest BCUT2D eigenvalue weighted by atomic mass is 10.0. The van der Waals surface area contributed by atoms with Crippen LogP contribution in [0.3, 0.4) is 0 Å². The summed E-state index contributed by atoms with van der Waals surface area (Å²) in [4.78, 5) is 0. The van der Waals surface area contributed by atoms with Crippen LogP contribution in [0.5, 0.6) is 0 Å². The van der Waals surface area contributed by atoms with Crippen LogP contribution in [0, 0.1) is 16.7 Å². The van der Waals surface area contributed by atoms with Gasteiger partial charge in [0.1, 0.15) is 0 Å². The third-order valence-corrected chi connectivity index (χ3v) is 4.93. The zero-order valence-corrected chi connectivity index (χ0v) is 13.0. The van der Waals surface area contributed by atoms with E-state index in [2.05, 4.69) is 33.0 Å². The van der Waals surface area contributed by atoms with Gasteiger partial charge in [-0.05, 0) is 43.7 Å². The van der Waals surface area contributed by atoms with Gasteiger partial charge in [-0.1, -0.05) is 27.7 Å². The molecule has 0 spiro atoms. The van der Waals surface area contributed by atoms with Crippen LogP contribution in [0.25, 0.3) is 0 Å². The Labute approximate surface area is 113 Å². The van der Waals surface area contributed by atoms with Crippen LogP contribution in [-0.2, 0) is 9.47 Å². The summed E-state index contributed by atoms with van der Waals surface area (Å²) in [6.07, 6.45) is 0.877. The van der Waals surface area contributed by atoms with Crippen LogP contribution in [0.1, 0.15) is 48.0 Å². The van der Waals surface area contributed by atoms with Gasteiger partial charge in [-0.25, -0.2) is 0 Å². The molecule has 0 unspecified atom stereocenters. The fraction of sp³-hybridized carbons (Fsp3) is 1.00. The van der Waals surface area contributed by atoms with E-state index in [-0.39, 0.29) is 6.29 Å². The van der Waals surface area contributed by atoms with Crippen LogP contribution in [0.4, 0.5) is 0 Å². The van der Waals surface area contributed by atoms with Crippen molar-refractivity contribution in [2.75, 3.05) is 26.3 Å². The van der Waals surface area contributed by atoms with Gasteiger partial charge >= 0.3 is 0 Å². The molecule has 3 heteroatoms. The van der Waals surface area contributed by atoms with Crippen molar-refractivity contribution in [2.24, 2.45) is 16.7 Å². The fourth-order valence-corrected chi connectivity index (χ4v) is 2.90. The van der Waals surface area contributed by atoms with Gasteiger partial charge in [0, 0.05) is 19.6 Å². The summed E-state index contributed by atoms with van der Waals surface area (Å²) in [6.45, 7) is 17.0. The summed E-state index contributed by atoms with van der Waals surface area (Å²) >= 11 is 0. The summed E-state index contributed by atoms with van der Waals surface area (Å²) in [5.41, 5.74) is 0.943. The minimum absolute atomic E-state index is 0.0484. The molecule has 1 rings (SSSR count). The lowest BCUT2D eigenvalue weighted by molar-refractivity contribution is -0.138. The van der Waals surface area contributed by atoms with E-state index >= 15 is 0 Å². The molecule has 0 saturated heterocycles. The summed E-state index contributed by atoms with van der Waals surface area (Å²) < 4.78 is 11.0. The summed E-state index contributed by atoms with van der Waals surface area (Å²) in [7, 11) is 0. The Kier molecular flexibility index (Phi) is 5.63.